The van der Waals surface area contributed by atoms with Crippen LogP contribution in [-0.4, -0.2) is 10.2 Å². The third kappa shape index (κ3) is 1.47. The minimum atomic E-state index is -4.38. The first kappa shape index (κ1) is 9.75. The van der Waals surface area contributed by atoms with Gasteiger partial charge >= 0.3 is 84.8 Å². The van der Waals surface area contributed by atoms with E-state index >= 15 is 0 Å². The van der Waals surface area contributed by atoms with Crippen molar-refractivity contribution in [2.75, 3.05) is 0 Å². The van der Waals surface area contributed by atoms with Crippen LogP contribution in [0.2, 0.25) is 0 Å². The van der Waals surface area contributed by atoms with Crippen molar-refractivity contribution in [3.63, 3.8) is 0 Å². The van der Waals surface area contributed by atoms with Gasteiger partial charge in [-0.3, -0.25) is 0 Å². The topological polar surface area (TPSA) is 26.3 Å². The number of halogens is 4. The van der Waals surface area contributed by atoms with Gasteiger partial charge in [-0.05, 0) is 0 Å². The Labute approximate surface area is 85.0 Å². The maximum atomic E-state index is 12.4. The molecule has 1 aromatic rings. The second-order valence-electron chi connectivity index (χ2n) is 2.52. The van der Waals surface area contributed by atoms with E-state index in [9.17, 15) is 18.0 Å². The molecular formula is C8H4F3IO2-. The number of carbonyl (C=O) groups excluding carboxylic acids is 1. The van der Waals surface area contributed by atoms with E-state index in [-0.39, 0.29) is 9.13 Å². The number of carbonyl (C=O) groups is 1. The van der Waals surface area contributed by atoms with Gasteiger partial charge < -0.3 is 0 Å². The van der Waals surface area contributed by atoms with E-state index in [4.69, 9.17) is 0 Å². The maximum absolute atomic E-state index is 12.4. The van der Waals surface area contributed by atoms with Crippen LogP contribution in [0.15, 0.2) is 24.3 Å². The summed E-state index contributed by atoms with van der Waals surface area (Å²) in [5, 5.41) is 0. The second kappa shape index (κ2) is 3.11. The Bertz CT molecular complexity index is 388. The molecule has 1 aromatic carbocycles. The van der Waals surface area contributed by atoms with Crippen LogP contribution in [0.3, 0.4) is 0 Å². The quantitative estimate of drug-likeness (QED) is 0.457. The van der Waals surface area contributed by atoms with Crippen LogP contribution in [0.5, 0.6) is 0 Å². The minimum absolute atomic E-state index is 0.0502. The summed E-state index contributed by atoms with van der Waals surface area (Å²) in [6, 6.07) is 5.69. The second-order valence-corrected chi connectivity index (χ2v) is 6.77. The fourth-order valence-electron chi connectivity index (χ4n) is 1.09. The molecule has 0 bridgehead atoms. The van der Waals surface area contributed by atoms with Gasteiger partial charge in [-0.15, -0.1) is 0 Å². The Hall–Kier alpha value is -0.790. The molecule has 77 valence electrons. The van der Waals surface area contributed by atoms with Crippen molar-refractivity contribution in [1.29, 1.82) is 0 Å². The van der Waals surface area contributed by atoms with E-state index in [0.29, 0.717) is 0 Å². The predicted octanol–water partition coefficient (Wildman–Crippen LogP) is -0.914. The van der Waals surface area contributed by atoms with E-state index in [0.717, 1.165) is 0 Å². The summed E-state index contributed by atoms with van der Waals surface area (Å²) in [5.41, 5.74) is 0.0648. The molecule has 14 heavy (non-hydrogen) atoms. The molecule has 0 aromatic heterocycles. The number of hydrogen-bond acceptors (Lipinski definition) is 2. The molecule has 0 unspecified atom stereocenters. The Balaban J connectivity index is 2.50. The van der Waals surface area contributed by atoms with Crippen LogP contribution in [0.4, 0.5) is 13.2 Å². The van der Waals surface area contributed by atoms with Gasteiger partial charge in [0.05, 0.1) is 0 Å². The number of fused-ring (bicyclic) bond motifs is 1. The standard InChI is InChI=1S/C8H4F3IO2/c9-8(10,11)12-6-4-2-1-3-5(6)7(13)14-12/h1-4H/q-1. The van der Waals surface area contributed by atoms with Crippen molar-refractivity contribution in [3.05, 3.63) is 33.4 Å². The molecule has 0 fully saturated rings. The van der Waals surface area contributed by atoms with Gasteiger partial charge in [-0.25, -0.2) is 0 Å². The van der Waals surface area contributed by atoms with Crippen molar-refractivity contribution in [1.82, 2.24) is 0 Å². The molecule has 0 saturated carbocycles. The first-order valence-corrected chi connectivity index (χ1v) is 6.62. The van der Waals surface area contributed by atoms with Crippen molar-refractivity contribution < 1.29 is 41.3 Å². The van der Waals surface area contributed by atoms with Gasteiger partial charge in [0.2, 0.25) is 0 Å². The van der Waals surface area contributed by atoms with Crippen molar-refractivity contribution >= 4 is 5.97 Å². The molecule has 1 heterocycles. The normalized spacial score (nSPS) is 17.9. The molecule has 0 N–H and O–H groups in total. The average molecular weight is 316 g/mol. The van der Waals surface area contributed by atoms with Crippen LogP contribution < -0.4 is 20.2 Å². The van der Waals surface area contributed by atoms with Crippen molar-refractivity contribution in [3.8, 4) is 0 Å². The fourth-order valence-corrected chi connectivity index (χ4v) is 4.33. The summed E-state index contributed by atoms with van der Waals surface area (Å²) in [5.74, 6) is -0.844. The van der Waals surface area contributed by atoms with Crippen LogP contribution in [0, 0.1) is 3.57 Å². The van der Waals surface area contributed by atoms with Gasteiger partial charge in [0, 0.05) is 0 Å². The third-order valence-electron chi connectivity index (χ3n) is 1.62. The van der Waals surface area contributed by atoms with Crippen LogP contribution >= 0.6 is 0 Å². The van der Waals surface area contributed by atoms with Gasteiger partial charge in [0.25, 0.3) is 0 Å². The van der Waals surface area contributed by atoms with Gasteiger partial charge in [-0.2, -0.15) is 0 Å². The summed E-state index contributed by atoms with van der Waals surface area (Å²) in [6.45, 7) is 0. The monoisotopic (exact) mass is 316 g/mol. The Kier molecular flexibility index (Phi) is 2.17. The van der Waals surface area contributed by atoms with Gasteiger partial charge in [-0.1, -0.05) is 0 Å². The summed E-state index contributed by atoms with van der Waals surface area (Å²) < 4.78 is 37.3. The number of hydrogen-bond donors (Lipinski definition) is 0. The van der Waals surface area contributed by atoms with E-state index in [1.54, 1.807) is 0 Å². The zero-order chi connectivity index (χ0) is 10.3. The molecule has 0 atom stereocenters. The molecule has 6 heteroatoms. The summed E-state index contributed by atoms with van der Waals surface area (Å²) in [6.07, 6.45) is 0. The van der Waals surface area contributed by atoms with Crippen LogP contribution in [-0.2, 0) is 3.07 Å². The van der Waals surface area contributed by atoms with Crippen molar-refractivity contribution in [2.45, 2.75) is 4.18 Å². The summed E-state index contributed by atoms with van der Waals surface area (Å²) in [7, 11) is 0. The average Bonchev–Trinajstić information content (AvgIpc) is 2.44. The predicted molar refractivity (Wildman–Crippen MR) is 36.6 cm³/mol. The molecule has 0 spiro atoms. The molecule has 2 rings (SSSR count). The molecule has 0 amide bonds. The van der Waals surface area contributed by atoms with E-state index in [2.05, 4.69) is 3.07 Å². The molecule has 1 radical (unpaired) electrons. The first-order valence-electron chi connectivity index (χ1n) is 3.58. The van der Waals surface area contributed by atoms with E-state index in [1.165, 1.54) is 24.3 Å². The Morgan fingerprint density at radius 2 is 1.86 bits per heavy atom. The molecule has 1 aliphatic heterocycles. The Morgan fingerprint density at radius 3 is 2.50 bits per heavy atom. The van der Waals surface area contributed by atoms with Crippen LogP contribution in [0.1, 0.15) is 10.4 Å². The summed E-state index contributed by atoms with van der Waals surface area (Å²) >= 11 is -3.76. The summed E-state index contributed by atoms with van der Waals surface area (Å²) in [4.78, 5) is 11.0. The Morgan fingerprint density at radius 1 is 1.21 bits per heavy atom. The SMILES string of the molecule is O=C1O[I-](C(F)(F)F)c2ccccc21. The number of benzene rings is 1. The molecule has 0 saturated heterocycles. The zero-order valence-electron chi connectivity index (χ0n) is 6.64. The molecule has 1 aliphatic rings. The van der Waals surface area contributed by atoms with E-state index < -0.39 is 30.4 Å². The fraction of sp³-hybridized carbons (Fsp3) is 0.125. The molecule has 0 aliphatic carbocycles. The molecular weight excluding hydrogens is 312 g/mol. The van der Waals surface area contributed by atoms with E-state index in [1.807, 2.05) is 0 Å². The number of alkyl halides is 4. The number of rotatable bonds is 0. The van der Waals surface area contributed by atoms with Gasteiger partial charge in [0.1, 0.15) is 0 Å². The van der Waals surface area contributed by atoms with Crippen LogP contribution in [0.25, 0.3) is 0 Å². The molecule has 2 nitrogen and oxygen atoms in total. The van der Waals surface area contributed by atoms with Gasteiger partial charge in [0.15, 0.2) is 0 Å². The third-order valence-corrected chi connectivity index (χ3v) is 5.57. The first-order chi connectivity index (χ1) is 6.50. The zero-order valence-corrected chi connectivity index (χ0v) is 8.80. The van der Waals surface area contributed by atoms with Crippen molar-refractivity contribution in [2.24, 2.45) is 0 Å².